The zero-order valence-electron chi connectivity index (χ0n) is 2.21. The van der Waals surface area contributed by atoms with Gasteiger partial charge in [0.15, 0.2) is 0 Å². The third kappa shape index (κ3) is 9470000. The van der Waals surface area contributed by atoms with Gasteiger partial charge < -0.3 is 5.21 Å². The van der Waals surface area contributed by atoms with E-state index < -0.39 is 5.09 Å². The Labute approximate surface area is 44.9 Å². The normalized spacial score (nSPS) is 4.80. The molecule has 0 spiro atoms. The Morgan fingerprint density at radius 1 is 1.80 bits per heavy atom. The summed E-state index contributed by atoms with van der Waals surface area (Å²) < 4.78 is 0. The molecule has 0 aromatic rings. The molecule has 0 aliphatic rings. The van der Waals surface area contributed by atoms with Crippen LogP contribution >= 0.6 is 0 Å². The maximum atomic E-state index is 8.36. The molecule has 5 heteroatoms. The third-order valence-corrected chi connectivity index (χ3v) is 0. The molecule has 0 aromatic heterocycles. The molecule has 0 fully saturated rings. The summed E-state index contributed by atoms with van der Waals surface area (Å²) in [5.74, 6) is 0. The fraction of sp³-hybridized carbons (Fsp3) is 0. The van der Waals surface area contributed by atoms with Crippen molar-refractivity contribution in [3.63, 3.8) is 0 Å². The molecule has 0 amide bonds. The molecule has 1 N–H and O–H groups in total. The number of hydrogen-bond acceptors (Lipinski definition) is 2. The van der Waals surface area contributed by atoms with E-state index in [1.165, 1.54) is 0 Å². The third-order valence-electron chi connectivity index (χ3n) is 0. The van der Waals surface area contributed by atoms with Crippen LogP contribution in [0.2, 0.25) is 0 Å². The Bertz CT molecular complexity index is 29.9. The van der Waals surface area contributed by atoms with Crippen molar-refractivity contribution >= 4 is 23.9 Å². The fourth-order valence-corrected chi connectivity index (χ4v) is 0. The standard InChI is InChI=1S/HNO3.Sn/c2-1(3)4;/h(H,2,3,4);. The molecule has 0 bridgehead atoms. The summed E-state index contributed by atoms with van der Waals surface area (Å²) >= 11 is 0. The Morgan fingerprint density at radius 3 is 1.80 bits per heavy atom. The van der Waals surface area contributed by atoms with Gasteiger partial charge in [0.05, 0.1) is 0 Å². The molecule has 0 atom stereocenters. The van der Waals surface area contributed by atoms with E-state index in [2.05, 4.69) is 0 Å². The predicted molar refractivity (Wildman–Crippen MR) is 14.5 cm³/mol. The van der Waals surface area contributed by atoms with E-state index in [0.717, 1.165) is 0 Å². The second kappa shape index (κ2) is 4.00. The molecule has 0 heterocycles. The first-order valence-corrected chi connectivity index (χ1v) is 0.565. The molecular weight excluding hydrogens is 181 g/mol. The molecular formula is HNO3Sn. The maximum absolute atomic E-state index is 8.36. The van der Waals surface area contributed by atoms with Crippen LogP contribution in [0, 0.1) is 10.1 Å². The molecule has 0 saturated carbocycles. The predicted octanol–water partition coefficient (Wildman–Crippen LogP) is -0.729. The van der Waals surface area contributed by atoms with Gasteiger partial charge in [0.25, 0.3) is 5.09 Å². The van der Waals surface area contributed by atoms with Crippen molar-refractivity contribution in [1.82, 2.24) is 0 Å². The molecule has 0 aromatic carbocycles. The van der Waals surface area contributed by atoms with Gasteiger partial charge in [-0.15, -0.1) is 10.1 Å². The van der Waals surface area contributed by atoms with Gasteiger partial charge >= 0.3 is 0 Å². The van der Waals surface area contributed by atoms with Crippen LogP contribution in [0.15, 0.2) is 0 Å². The summed E-state index contributed by atoms with van der Waals surface area (Å²) in [5, 5.41) is 13.6. The summed E-state index contributed by atoms with van der Waals surface area (Å²) in [5.41, 5.74) is 0. The van der Waals surface area contributed by atoms with Crippen molar-refractivity contribution in [2.75, 3.05) is 0 Å². The van der Waals surface area contributed by atoms with Crippen molar-refractivity contribution in [2.45, 2.75) is 0 Å². The van der Waals surface area contributed by atoms with Crippen LogP contribution in [-0.4, -0.2) is 34.2 Å². The van der Waals surface area contributed by atoms with E-state index >= 15 is 0 Å². The maximum Gasteiger partial charge on any atom is 0.291 e. The number of rotatable bonds is 0. The summed E-state index contributed by atoms with van der Waals surface area (Å²) in [6, 6.07) is 0. The zero-order valence-corrected chi connectivity index (χ0v) is 5.07. The van der Waals surface area contributed by atoms with E-state index in [9.17, 15) is 0 Å². The van der Waals surface area contributed by atoms with Gasteiger partial charge in [-0.05, 0) is 0 Å². The molecule has 5 heavy (non-hydrogen) atoms. The number of nitrogens with zero attached hydrogens (tertiary/aromatic N) is 1. The monoisotopic (exact) mass is 183 g/mol. The van der Waals surface area contributed by atoms with Gasteiger partial charge in [0.1, 0.15) is 0 Å². The summed E-state index contributed by atoms with van der Waals surface area (Å²) in [7, 11) is 0. The minimum atomic E-state index is -1.50. The van der Waals surface area contributed by atoms with E-state index in [1.54, 1.807) is 0 Å². The molecule has 4 nitrogen and oxygen atoms in total. The molecule has 0 unspecified atom stereocenters. The van der Waals surface area contributed by atoms with Gasteiger partial charge in [-0.3, -0.25) is 0 Å². The van der Waals surface area contributed by atoms with Crippen LogP contribution in [0.25, 0.3) is 0 Å². The SMILES string of the molecule is O=[N+]([O-])O.[Sn]. The Balaban J connectivity index is 0. The molecule has 0 rings (SSSR count). The van der Waals surface area contributed by atoms with Crippen molar-refractivity contribution in [1.29, 1.82) is 0 Å². The first-order valence-electron chi connectivity index (χ1n) is 0.565. The fourth-order valence-electron chi connectivity index (χ4n) is 0. The molecule has 0 aliphatic heterocycles. The van der Waals surface area contributed by atoms with Gasteiger partial charge in [-0.25, -0.2) is 0 Å². The topological polar surface area (TPSA) is 63.4 Å². The Hall–Kier alpha value is -0.00130. The van der Waals surface area contributed by atoms with Crippen molar-refractivity contribution in [2.24, 2.45) is 0 Å². The van der Waals surface area contributed by atoms with Crippen LogP contribution in [0.4, 0.5) is 0 Å². The smallest absolute Gasteiger partial charge is 0.291 e. The van der Waals surface area contributed by atoms with Crippen LogP contribution in [0.3, 0.4) is 0 Å². The number of hydrogen-bond donors (Lipinski definition) is 1. The zero-order chi connectivity index (χ0) is 3.58. The Morgan fingerprint density at radius 2 is 1.80 bits per heavy atom. The van der Waals surface area contributed by atoms with E-state index in [0.29, 0.717) is 0 Å². The average Bonchev–Trinajstić information content (AvgIpc) is 0.811. The van der Waals surface area contributed by atoms with Gasteiger partial charge in [0.2, 0.25) is 0 Å². The second-order valence-corrected chi connectivity index (χ2v) is 0.238. The van der Waals surface area contributed by atoms with Crippen molar-refractivity contribution in [3.05, 3.63) is 10.1 Å². The summed E-state index contributed by atoms with van der Waals surface area (Å²) in [6.07, 6.45) is 0. The largest absolute Gasteiger partial charge is 0.328 e. The van der Waals surface area contributed by atoms with Gasteiger partial charge in [-0.1, -0.05) is 0 Å². The van der Waals surface area contributed by atoms with E-state index in [1.807, 2.05) is 0 Å². The summed E-state index contributed by atoms with van der Waals surface area (Å²) in [6.45, 7) is 0. The van der Waals surface area contributed by atoms with Crippen LogP contribution in [0.5, 0.6) is 0 Å². The molecule has 0 aliphatic carbocycles. The summed E-state index contributed by atoms with van der Waals surface area (Å²) in [4.78, 5) is 8.36. The molecule has 28 valence electrons. The first kappa shape index (κ1) is 8.89. The van der Waals surface area contributed by atoms with Crippen LogP contribution in [0.1, 0.15) is 0 Å². The Kier molecular flexibility index (Phi) is 7.11. The van der Waals surface area contributed by atoms with Crippen LogP contribution < -0.4 is 0 Å². The van der Waals surface area contributed by atoms with Crippen molar-refractivity contribution in [3.8, 4) is 0 Å². The molecule has 0 saturated heterocycles. The van der Waals surface area contributed by atoms with Crippen molar-refractivity contribution < 1.29 is 10.3 Å². The van der Waals surface area contributed by atoms with Crippen LogP contribution in [-0.2, 0) is 0 Å². The quantitative estimate of drug-likeness (QED) is 0.305. The van der Waals surface area contributed by atoms with E-state index in [-0.39, 0.29) is 23.9 Å². The second-order valence-electron chi connectivity index (χ2n) is 0.238. The first-order chi connectivity index (χ1) is 1.73. The van der Waals surface area contributed by atoms with Gasteiger partial charge in [0, 0.05) is 23.9 Å². The minimum Gasteiger partial charge on any atom is -0.328 e. The minimum absolute atomic E-state index is 0. The van der Waals surface area contributed by atoms with Gasteiger partial charge in [-0.2, -0.15) is 0 Å². The molecule has 4 radical (unpaired) electrons. The average molecular weight is 182 g/mol. The van der Waals surface area contributed by atoms with E-state index in [4.69, 9.17) is 15.3 Å².